The summed E-state index contributed by atoms with van der Waals surface area (Å²) in [5.74, 6) is 0.670. The van der Waals surface area contributed by atoms with E-state index in [1.807, 2.05) is 0 Å². The average Bonchev–Trinajstić information content (AvgIpc) is 2.88. The van der Waals surface area contributed by atoms with E-state index in [2.05, 4.69) is 6.92 Å². The molecule has 0 radical (unpaired) electrons. The number of nitrogens with two attached hydrogens (primary N) is 2. The Morgan fingerprint density at radius 1 is 0.944 bits per heavy atom. The lowest BCUT2D eigenvalue weighted by molar-refractivity contribution is -0.140. The highest BCUT2D eigenvalue weighted by molar-refractivity contribution is 5.87. The Balaban J connectivity index is 1.37. The summed E-state index contributed by atoms with van der Waals surface area (Å²) in [4.78, 5) is 24.7. The third kappa shape index (κ3) is 9.06. The van der Waals surface area contributed by atoms with Crippen molar-refractivity contribution in [3.63, 3.8) is 0 Å². The van der Waals surface area contributed by atoms with E-state index in [4.69, 9.17) is 20.9 Å². The number of esters is 2. The number of carbonyl (C=O) groups is 2. The largest absolute Gasteiger partial charge is 0.458 e. The first-order valence-electron chi connectivity index (χ1n) is 13.2. The van der Waals surface area contributed by atoms with Crippen LogP contribution in [0.25, 0.3) is 6.08 Å². The number of hydrogen-bond acceptors (Lipinski definition) is 6. The predicted octanol–water partition coefficient (Wildman–Crippen LogP) is 6.68. The first-order valence-corrected chi connectivity index (χ1v) is 13.2. The van der Waals surface area contributed by atoms with Crippen molar-refractivity contribution >= 4 is 29.4 Å². The second kappa shape index (κ2) is 14.3. The molecule has 1 fully saturated rings. The summed E-state index contributed by atoms with van der Waals surface area (Å²) >= 11 is 0. The van der Waals surface area contributed by atoms with Gasteiger partial charge in [0.05, 0.1) is 5.92 Å². The summed E-state index contributed by atoms with van der Waals surface area (Å²) in [6.07, 6.45) is 15.0. The minimum Gasteiger partial charge on any atom is -0.458 e. The molecule has 4 N–H and O–H groups in total. The average molecular weight is 493 g/mol. The second-order valence-electron chi connectivity index (χ2n) is 9.81. The molecule has 0 spiro atoms. The lowest BCUT2D eigenvalue weighted by Gasteiger charge is -2.27. The molecule has 1 saturated carbocycles. The van der Waals surface area contributed by atoms with E-state index in [0.717, 1.165) is 37.2 Å². The van der Waals surface area contributed by atoms with Crippen molar-refractivity contribution in [3.8, 4) is 5.75 Å². The van der Waals surface area contributed by atoms with Gasteiger partial charge in [-0.1, -0.05) is 63.6 Å². The zero-order valence-electron chi connectivity index (χ0n) is 21.4. The molecule has 3 rings (SSSR count). The van der Waals surface area contributed by atoms with E-state index in [9.17, 15) is 9.59 Å². The van der Waals surface area contributed by atoms with Crippen LogP contribution in [0.1, 0.15) is 82.3 Å². The molecular weight excluding hydrogens is 452 g/mol. The van der Waals surface area contributed by atoms with Crippen molar-refractivity contribution < 1.29 is 19.1 Å². The van der Waals surface area contributed by atoms with Gasteiger partial charge in [0.25, 0.3) is 0 Å². The van der Waals surface area contributed by atoms with Crippen molar-refractivity contribution in [3.05, 3.63) is 59.7 Å². The van der Waals surface area contributed by atoms with Crippen LogP contribution < -0.4 is 16.2 Å². The van der Waals surface area contributed by atoms with Gasteiger partial charge in [0, 0.05) is 23.0 Å². The van der Waals surface area contributed by atoms with E-state index in [0.29, 0.717) is 22.7 Å². The summed E-state index contributed by atoms with van der Waals surface area (Å²) < 4.78 is 10.9. The Bertz CT molecular complexity index is 1010. The molecule has 0 amide bonds. The van der Waals surface area contributed by atoms with Gasteiger partial charge < -0.3 is 20.9 Å². The fourth-order valence-corrected chi connectivity index (χ4v) is 4.68. The maximum Gasteiger partial charge on any atom is 0.331 e. The van der Waals surface area contributed by atoms with E-state index in [1.54, 1.807) is 48.5 Å². The van der Waals surface area contributed by atoms with Gasteiger partial charge in [-0.05, 0) is 67.5 Å². The van der Waals surface area contributed by atoms with Crippen molar-refractivity contribution in [1.29, 1.82) is 0 Å². The van der Waals surface area contributed by atoms with Crippen LogP contribution in [0, 0.1) is 11.8 Å². The molecular formula is C30H40N2O4. The van der Waals surface area contributed by atoms with E-state index in [1.165, 1.54) is 44.6 Å². The summed E-state index contributed by atoms with van der Waals surface area (Å²) in [5, 5.41) is 0. The van der Waals surface area contributed by atoms with Crippen molar-refractivity contribution in [2.75, 3.05) is 11.5 Å². The number of benzene rings is 2. The minimum absolute atomic E-state index is 0.00854. The highest BCUT2D eigenvalue weighted by atomic mass is 16.5. The van der Waals surface area contributed by atoms with Crippen LogP contribution in [0.2, 0.25) is 0 Å². The topological polar surface area (TPSA) is 105 Å². The van der Waals surface area contributed by atoms with Crippen molar-refractivity contribution in [1.82, 2.24) is 0 Å². The number of ether oxygens (including phenoxy) is 2. The van der Waals surface area contributed by atoms with Gasteiger partial charge >= 0.3 is 11.9 Å². The normalized spacial score (nSPS) is 17.7. The van der Waals surface area contributed by atoms with Crippen LogP contribution in [-0.2, 0) is 20.9 Å². The number of carbonyl (C=O) groups excluding carboxylic acids is 2. The molecule has 0 aliphatic heterocycles. The van der Waals surface area contributed by atoms with Gasteiger partial charge in [-0.15, -0.1) is 0 Å². The minimum atomic E-state index is -0.474. The molecule has 0 atom stereocenters. The third-order valence-corrected chi connectivity index (χ3v) is 6.95. The fraction of sp³-hybridized carbons (Fsp3) is 0.467. The number of hydrogen-bond donors (Lipinski definition) is 2. The predicted molar refractivity (Wildman–Crippen MR) is 145 cm³/mol. The zero-order chi connectivity index (χ0) is 25.8. The lowest BCUT2D eigenvalue weighted by atomic mass is 9.80. The monoisotopic (exact) mass is 492 g/mol. The quantitative estimate of drug-likeness (QED) is 0.113. The molecule has 0 unspecified atom stereocenters. The highest BCUT2D eigenvalue weighted by Crippen LogP contribution is 2.33. The molecule has 0 heterocycles. The maximum atomic E-state index is 12.6. The first kappa shape index (κ1) is 27.3. The van der Waals surface area contributed by atoms with Gasteiger partial charge in [-0.25, -0.2) is 4.79 Å². The molecule has 6 heteroatoms. The first-order chi connectivity index (χ1) is 17.4. The highest BCUT2D eigenvalue weighted by Gasteiger charge is 2.27. The molecule has 1 aliphatic rings. The third-order valence-electron chi connectivity index (χ3n) is 6.95. The molecule has 0 saturated heterocycles. The van der Waals surface area contributed by atoms with Crippen LogP contribution in [0.15, 0.2) is 48.5 Å². The van der Waals surface area contributed by atoms with Crippen molar-refractivity contribution in [2.24, 2.45) is 11.8 Å². The Morgan fingerprint density at radius 2 is 1.67 bits per heavy atom. The lowest BCUT2D eigenvalue weighted by Crippen LogP contribution is -2.25. The zero-order valence-corrected chi connectivity index (χ0v) is 21.4. The van der Waals surface area contributed by atoms with Gasteiger partial charge in [0.15, 0.2) is 0 Å². The van der Waals surface area contributed by atoms with E-state index < -0.39 is 5.97 Å². The van der Waals surface area contributed by atoms with Crippen LogP contribution >= 0.6 is 0 Å². The number of rotatable bonds is 12. The van der Waals surface area contributed by atoms with E-state index in [-0.39, 0.29) is 18.5 Å². The smallest absolute Gasteiger partial charge is 0.331 e. The Kier molecular flexibility index (Phi) is 10.9. The van der Waals surface area contributed by atoms with Gasteiger partial charge in [-0.2, -0.15) is 0 Å². The SMILES string of the molecule is CCCCCCCC1CCC(C(=O)Oc2ccc(C=CC(=O)OCc3ccc(N)cc3N)cc2)CC1. The molecule has 0 bridgehead atoms. The fourth-order valence-electron chi connectivity index (χ4n) is 4.68. The molecule has 6 nitrogen and oxygen atoms in total. The van der Waals surface area contributed by atoms with Crippen LogP contribution in [0.4, 0.5) is 11.4 Å². The molecule has 194 valence electrons. The number of unbranched alkanes of at least 4 members (excludes halogenated alkanes) is 4. The Hall–Kier alpha value is -3.28. The van der Waals surface area contributed by atoms with Crippen LogP contribution in [0.3, 0.4) is 0 Å². The van der Waals surface area contributed by atoms with Gasteiger partial charge in [0.1, 0.15) is 12.4 Å². The summed E-state index contributed by atoms with van der Waals surface area (Å²) in [5.41, 5.74) is 14.1. The standard InChI is InChI=1S/C30H40N2O4/c1-2-3-4-5-6-7-22-8-13-24(14-9-22)30(34)36-27-17-10-23(11-18-27)12-19-29(33)35-21-25-15-16-26(31)20-28(25)32/h10-12,15-20,22,24H,2-9,13-14,21,31-32H2,1H3. The Labute approximate surface area is 215 Å². The molecule has 2 aromatic carbocycles. The molecule has 1 aliphatic carbocycles. The van der Waals surface area contributed by atoms with Gasteiger partial charge in [0.2, 0.25) is 0 Å². The molecule has 36 heavy (non-hydrogen) atoms. The maximum absolute atomic E-state index is 12.6. The van der Waals surface area contributed by atoms with Gasteiger partial charge in [-0.3, -0.25) is 4.79 Å². The van der Waals surface area contributed by atoms with E-state index >= 15 is 0 Å². The summed E-state index contributed by atoms with van der Waals surface area (Å²) in [7, 11) is 0. The molecule has 2 aromatic rings. The van der Waals surface area contributed by atoms with Crippen LogP contribution in [0.5, 0.6) is 5.75 Å². The molecule has 0 aromatic heterocycles. The van der Waals surface area contributed by atoms with Crippen LogP contribution in [-0.4, -0.2) is 11.9 Å². The Morgan fingerprint density at radius 3 is 2.36 bits per heavy atom. The second-order valence-corrected chi connectivity index (χ2v) is 9.81. The summed E-state index contributed by atoms with van der Waals surface area (Å²) in [6, 6.07) is 12.2. The van der Waals surface area contributed by atoms with Crippen molar-refractivity contribution in [2.45, 2.75) is 77.7 Å². The number of nitrogen functional groups attached to an aromatic ring is 2. The number of anilines is 2. The summed E-state index contributed by atoms with van der Waals surface area (Å²) in [6.45, 7) is 2.32.